The molecule has 0 saturated heterocycles. The molecule has 0 fully saturated rings. The number of allylic oxidation sites excluding steroid dienone is 8. The maximum Gasteiger partial charge on any atom is -1.00 e. The summed E-state index contributed by atoms with van der Waals surface area (Å²) in [5, 5.41) is 0. The maximum atomic E-state index is 2.61. The standard InChI is InChI=1S/2C14H15.C2H6Si.2ClH.Zr/c2*1-2-7-13(8-3-1)11-6-12-14-9-4-5-10-14;1-3-2;;;/h2*1-4,7-9H,5-6,11-12H2;1-2H3;2*1H;/q;;;;;+2/p-2. The van der Waals surface area contributed by atoms with Crippen LogP contribution in [0.25, 0.3) is 0 Å². The van der Waals surface area contributed by atoms with Gasteiger partial charge >= 0.3 is 204 Å². The molecule has 2 aliphatic rings. The topological polar surface area (TPSA) is 0 Å². The van der Waals surface area contributed by atoms with Crippen LogP contribution in [-0.2, 0) is 33.2 Å². The first-order valence-electron chi connectivity index (χ1n) is 12.3. The molecule has 2 aliphatic carbocycles. The quantitative estimate of drug-likeness (QED) is 0.375. The van der Waals surface area contributed by atoms with E-state index in [4.69, 9.17) is 0 Å². The summed E-state index contributed by atoms with van der Waals surface area (Å²) in [5.74, 6) is 0. The number of halogens is 2. The SMILES string of the molecule is C[Si](C)=[Zr+2]([C]1=C(CCCc2ccccc2)C=CC1)[C]1=C(CCCc2ccccc2)C=CC1.[Cl-].[Cl-]. The van der Waals surface area contributed by atoms with E-state index >= 15 is 0 Å². The van der Waals surface area contributed by atoms with Gasteiger partial charge in [-0.15, -0.1) is 0 Å². The van der Waals surface area contributed by atoms with Crippen molar-refractivity contribution in [1.82, 2.24) is 0 Å². The smallest absolute Gasteiger partial charge is 1.00 e. The van der Waals surface area contributed by atoms with Crippen molar-refractivity contribution < 1.29 is 45.2 Å². The molecule has 0 amide bonds. The van der Waals surface area contributed by atoms with E-state index in [-0.39, 0.29) is 30.2 Å². The zero-order chi connectivity index (χ0) is 22.2. The predicted octanol–water partition coefficient (Wildman–Crippen LogP) is 2.34. The van der Waals surface area contributed by atoms with Gasteiger partial charge in [0.25, 0.3) is 0 Å². The first-order valence-corrected chi connectivity index (χ1v) is 20.9. The summed E-state index contributed by atoms with van der Waals surface area (Å²) in [7, 11) is 0. The van der Waals surface area contributed by atoms with Crippen LogP contribution in [0.2, 0.25) is 13.1 Å². The van der Waals surface area contributed by atoms with Gasteiger partial charge in [0.15, 0.2) is 0 Å². The number of benzene rings is 2. The Morgan fingerprint density at radius 3 is 1.41 bits per heavy atom. The van der Waals surface area contributed by atoms with Crippen LogP contribution in [0.1, 0.15) is 49.7 Å². The normalized spacial score (nSPS) is 14.0. The van der Waals surface area contributed by atoms with E-state index in [1.165, 1.54) is 62.5 Å². The molecule has 2 aromatic carbocycles. The summed E-state index contributed by atoms with van der Waals surface area (Å²) >= 11 is -1.74. The van der Waals surface area contributed by atoms with Crippen molar-refractivity contribution in [2.75, 3.05) is 0 Å². The van der Waals surface area contributed by atoms with Crippen molar-refractivity contribution in [1.29, 1.82) is 0 Å². The van der Waals surface area contributed by atoms with Gasteiger partial charge in [0.05, 0.1) is 0 Å². The number of hydrogen-bond acceptors (Lipinski definition) is 0. The fourth-order valence-electron chi connectivity index (χ4n) is 5.14. The number of aryl methyl sites for hydroxylation is 2. The summed E-state index contributed by atoms with van der Waals surface area (Å²) < 4.78 is 3.89. The van der Waals surface area contributed by atoms with Crippen molar-refractivity contribution in [3.8, 4) is 0 Å². The first kappa shape index (κ1) is 29.3. The molecule has 0 N–H and O–H groups in total. The summed E-state index contributed by atoms with van der Waals surface area (Å²) in [5.41, 5.74) is 6.16. The van der Waals surface area contributed by atoms with Crippen LogP contribution < -0.4 is 24.8 Å². The number of rotatable bonds is 10. The maximum absolute atomic E-state index is 2.61. The van der Waals surface area contributed by atoms with Crippen LogP contribution in [0, 0.1) is 0 Å². The second-order valence-corrected chi connectivity index (χ2v) is 26.4. The Kier molecular flexibility index (Phi) is 13.1. The molecule has 4 rings (SSSR count). The minimum absolute atomic E-state index is 0. The second kappa shape index (κ2) is 15.2. The van der Waals surface area contributed by atoms with Crippen LogP contribution in [0.3, 0.4) is 0 Å². The third-order valence-electron chi connectivity index (χ3n) is 6.67. The summed E-state index contributed by atoms with van der Waals surface area (Å²) in [4.78, 5) is 0. The zero-order valence-corrected chi connectivity index (χ0v) is 25.5. The summed E-state index contributed by atoms with van der Waals surface area (Å²) in [6, 6.07) is 22.0. The Morgan fingerprint density at radius 2 is 1.03 bits per heavy atom. The van der Waals surface area contributed by atoms with E-state index in [0.717, 1.165) is 0 Å². The molecule has 0 spiro atoms. The third kappa shape index (κ3) is 8.06. The van der Waals surface area contributed by atoms with Crippen molar-refractivity contribution in [2.45, 2.75) is 64.5 Å². The van der Waals surface area contributed by atoms with Crippen LogP contribution >= 0.6 is 0 Å². The van der Waals surface area contributed by atoms with Crippen LogP contribution in [-0.4, -0.2) is 5.43 Å². The van der Waals surface area contributed by atoms with Gasteiger partial charge in [0.2, 0.25) is 0 Å². The van der Waals surface area contributed by atoms with E-state index in [2.05, 4.69) is 98.1 Å². The van der Waals surface area contributed by atoms with Crippen LogP contribution in [0.15, 0.2) is 103 Å². The molecule has 0 unspecified atom stereocenters. The van der Waals surface area contributed by atoms with E-state index in [0.29, 0.717) is 0 Å². The molecule has 178 valence electrons. The van der Waals surface area contributed by atoms with Gasteiger partial charge in [0, 0.05) is 0 Å². The fourth-order valence-corrected chi connectivity index (χ4v) is 23.4. The Morgan fingerprint density at radius 1 is 0.618 bits per heavy atom. The molecule has 0 saturated carbocycles. The van der Waals surface area contributed by atoms with Crippen molar-refractivity contribution in [2.24, 2.45) is 0 Å². The second-order valence-electron chi connectivity index (χ2n) is 9.27. The zero-order valence-electron chi connectivity index (χ0n) is 20.5. The Bertz CT molecular complexity index is 994. The van der Waals surface area contributed by atoms with Crippen molar-refractivity contribution in [3.63, 3.8) is 0 Å². The molecular weight excluding hydrogens is 551 g/mol. The fraction of sp³-hybridized carbons (Fsp3) is 0.333. The van der Waals surface area contributed by atoms with Gasteiger partial charge in [0.1, 0.15) is 0 Å². The average Bonchev–Trinajstić information content (AvgIpc) is 3.46. The van der Waals surface area contributed by atoms with E-state index in [1.54, 1.807) is 11.1 Å². The van der Waals surface area contributed by atoms with Gasteiger partial charge in [-0.05, 0) is 0 Å². The largest absolute Gasteiger partial charge is 1.00 e. The van der Waals surface area contributed by atoms with Gasteiger partial charge in [-0.1, -0.05) is 0 Å². The minimum atomic E-state index is -1.74. The summed E-state index contributed by atoms with van der Waals surface area (Å²) in [6.07, 6.45) is 19.9. The van der Waals surface area contributed by atoms with Gasteiger partial charge in [-0.3, -0.25) is 0 Å². The van der Waals surface area contributed by atoms with Crippen molar-refractivity contribution >= 4 is 5.43 Å². The summed E-state index contributed by atoms with van der Waals surface area (Å²) in [6.45, 7) is 5.22. The van der Waals surface area contributed by atoms with Gasteiger partial charge in [-0.25, -0.2) is 0 Å². The Labute approximate surface area is 227 Å². The van der Waals surface area contributed by atoms with E-state index in [1.807, 2.05) is 6.56 Å². The van der Waals surface area contributed by atoms with Crippen molar-refractivity contribution in [3.05, 3.63) is 114 Å². The minimum Gasteiger partial charge on any atom is -1.00 e. The molecule has 0 nitrogen and oxygen atoms in total. The van der Waals surface area contributed by atoms with Gasteiger partial charge < -0.3 is 24.8 Å². The van der Waals surface area contributed by atoms with Gasteiger partial charge in [-0.2, -0.15) is 0 Å². The number of hydrogen-bond donors (Lipinski definition) is 0. The molecule has 0 bridgehead atoms. The Balaban J connectivity index is 0.00000204. The van der Waals surface area contributed by atoms with Crippen LogP contribution in [0.5, 0.6) is 0 Å². The van der Waals surface area contributed by atoms with E-state index in [9.17, 15) is 0 Å². The molecule has 0 heterocycles. The molecule has 0 atom stereocenters. The monoisotopic (exact) mass is 584 g/mol. The van der Waals surface area contributed by atoms with E-state index < -0.39 is 20.4 Å². The molecule has 4 heteroatoms. The molecular formula is C30H36Cl2SiZr. The molecule has 0 aromatic heterocycles. The average molecular weight is 587 g/mol. The first-order chi connectivity index (χ1) is 15.7. The molecule has 2 aromatic rings. The molecule has 34 heavy (non-hydrogen) atoms. The molecule has 0 aliphatic heterocycles. The van der Waals surface area contributed by atoms with Crippen LogP contribution in [0.4, 0.5) is 0 Å². The molecule has 0 radical (unpaired) electrons. The third-order valence-corrected chi connectivity index (χ3v) is 24.2. The predicted molar refractivity (Wildman–Crippen MR) is 138 cm³/mol. The Hall–Kier alpha value is -0.920.